The van der Waals surface area contributed by atoms with Gasteiger partial charge >= 0.3 is 6.03 Å². The van der Waals surface area contributed by atoms with Crippen LogP contribution >= 0.6 is 0 Å². The second-order valence-corrected chi connectivity index (χ2v) is 5.83. The van der Waals surface area contributed by atoms with Crippen molar-refractivity contribution in [3.05, 3.63) is 35.7 Å². The fourth-order valence-corrected chi connectivity index (χ4v) is 2.71. The number of aromatic nitrogens is 2. The van der Waals surface area contributed by atoms with Gasteiger partial charge in [0.2, 0.25) is 6.79 Å². The van der Waals surface area contributed by atoms with Crippen LogP contribution in [0, 0.1) is 0 Å². The molecule has 1 saturated carbocycles. The minimum atomic E-state index is -0.275. The van der Waals surface area contributed by atoms with Crippen LogP contribution in [0.2, 0.25) is 0 Å². The molecule has 0 spiro atoms. The minimum Gasteiger partial charge on any atom is -0.454 e. The minimum absolute atomic E-state index is 0.216. The molecule has 1 fully saturated rings. The molecule has 1 aliphatic carbocycles. The van der Waals surface area contributed by atoms with Gasteiger partial charge in [-0.05, 0) is 31.0 Å². The number of fused-ring (bicyclic) bond motifs is 1. The number of hydrogen-bond donors (Lipinski definition) is 2. The molecular weight excluding hydrogens is 296 g/mol. The van der Waals surface area contributed by atoms with Crippen molar-refractivity contribution >= 4 is 11.7 Å². The second-order valence-electron chi connectivity index (χ2n) is 5.83. The van der Waals surface area contributed by atoms with E-state index in [1.807, 2.05) is 11.7 Å². The van der Waals surface area contributed by atoms with Crippen molar-refractivity contribution in [1.29, 1.82) is 0 Å². The highest BCUT2D eigenvalue weighted by Gasteiger charge is 2.27. The quantitative estimate of drug-likeness (QED) is 0.908. The van der Waals surface area contributed by atoms with E-state index in [1.54, 1.807) is 18.2 Å². The molecule has 2 N–H and O–H groups in total. The SMILES string of the molecule is Cn1nc(CNC(=O)Nc2ccc3c(c2)OCO3)cc1C1CC1. The summed E-state index contributed by atoms with van der Waals surface area (Å²) in [6.07, 6.45) is 2.47. The summed E-state index contributed by atoms with van der Waals surface area (Å²) < 4.78 is 12.4. The maximum Gasteiger partial charge on any atom is 0.319 e. The zero-order valence-corrected chi connectivity index (χ0v) is 12.8. The largest absolute Gasteiger partial charge is 0.454 e. The highest BCUT2D eigenvalue weighted by atomic mass is 16.7. The van der Waals surface area contributed by atoms with Crippen molar-refractivity contribution in [2.75, 3.05) is 12.1 Å². The average Bonchev–Trinajstić information content (AvgIpc) is 3.15. The van der Waals surface area contributed by atoms with Crippen molar-refractivity contribution in [2.24, 2.45) is 7.05 Å². The summed E-state index contributed by atoms with van der Waals surface area (Å²) >= 11 is 0. The van der Waals surface area contributed by atoms with Gasteiger partial charge in [-0.3, -0.25) is 4.68 Å². The molecule has 2 amide bonds. The number of rotatable bonds is 4. The summed E-state index contributed by atoms with van der Waals surface area (Å²) in [6, 6.07) is 7.09. The number of benzene rings is 1. The zero-order chi connectivity index (χ0) is 15.8. The smallest absolute Gasteiger partial charge is 0.319 e. The maximum atomic E-state index is 12.0. The molecule has 1 aliphatic heterocycles. The Bertz CT molecular complexity index is 752. The van der Waals surface area contributed by atoms with Crippen molar-refractivity contribution in [3.8, 4) is 11.5 Å². The van der Waals surface area contributed by atoms with Crippen LogP contribution in [0.3, 0.4) is 0 Å². The number of nitrogens with zero attached hydrogens (tertiary/aromatic N) is 2. The third-order valence-corrected chi connectivity index (χ3v) is 4.02. The third kappa shape index (κ3) is 2.94. The van der Waals surface area contributed by atoms with Crippen LogP contribution in [-0.2, 0) is 13.6 Å². The van der Waals surface area contributed by atoms with Gasteiger partial charge in [-0.25, -0.2) is 4.79 Å². The second kappa shape index (κ2) is 5.49. The van der Waals surface area contributed by atoms with E-state index in [-0.39, 0.29) is 12.8 Å². The molecule has 0 unspecified atom stereocenters. The lowest BCUT2D eigenvalue weighted by molar-refractivity contribution is 0.174. The number of ether oxygens (including phenoxy) is 2. The summed E-state index contributed by atoms with van der Waals surface area (Å²) in [4.78, 5) is 12.0. The van der Waals surface area contributed by atoms with Crippen LogP contribution in [-0.4, -0.2) is 22.6 Å². The van der Waals surface area contributed by atoms with Gasteiger partial charge in [-0.15, -0.1) is 0 Å². The average molecular weight is 314 g/mol. The van der Waals surface area contributed by atoms with Gasteiger partial charge in [0.1, 0.15) is 0 Å². The Hall–Kier alpha value is -2.70. The van der Waals surface area contributed by atoms with Crippen LogP contribution < -0.4 is 20.1 Å². The molecule has 4 rings (SSSR count). The lowest BCUT2D eigenvalue weighted by Crippen LogP contribution is -2.28. The van der Waals surface area contributed by atoms with Gasteiger partial charge in [-0.2, -0.15) is 5.10 Å². The molecule has 0 atom stereocenters. The van der Waals surface area contributed by atoms with E-state index in [1.165, 1.54) is 18.5 Å². The Morgan fingerprint density at radius 2 is 2.13 bits per heavy atom. The Morgan fingerprint density at radius 1 is 1.30 bits per heavy atom. The van der Waals surface area contributed by atoms with Crippen LogP contribution in [0.1, 0.15) is 30.1 Å². The number of hydrogen-bond acceptors (Lipinski definition) is 4. The predicted octanol–water partition coefficient (Wildman–Crippen LogP) is 2.35. The molecule has 7 heteroatoms. The maximum absolute atomic E-state index is 12.0. The van der Waals surface area contributed by atoms with E-state index in [9.17, 15) is 4.79 Å². The molecule has 2 aromatic rings. The van der Waals surface area contributed by atoms with Crippen molar-refractivity contribution in [1.82, 2.24) is 15.1 Å². The first kappa shape index (κ1) is 13.9. The van der Waals surface area contributed by atoms with Crippen molar-refractivity contribution in [3.63, 3.8) is 0 Å². The highest BCUT2D eigenvalue weighted by Crippen LogP contribution is 2.40. The molecule has 1 aromatic carbocycles. The molecule has 2 heterocycles. The molecular formula is C16H18N4O3. The van der Waals surface area contributed by atoms with E-state index in [4.69, 9.17) is 9.47 Å². The Morgan fingerprint density at radius 3 is 2.96 bits per heavy atom. The van der Waals surface area contributed by atoms with E-state index >= 15 is 0 Å². The number of urea groups is 1. The van der Waals surface area contributed by atoms with Gasteiger partial charge in [0.05, 0.1) is 12.2 Å². The number of carbonyl (C=O) groups excluding carboxylic acids is 1. The van der Waals surface area contributed by atoms with Crippen LogP contribution in [0.5, 0.6) is 11.5 Å². The van der Waals surface area contributed by atoms with E-state index in [0.29, 0.717) is 29.6 Å². The molecule has 120 valence electrons. The summed E-state index contributed by atoms with van der Waals surface area (Å²) in [5.74, 6) is 1.97. The first-order chi connectivity index (χ1) is 11.2. The molecule has 7 nitrogen and oxygen atoms in total. The number of amides is 2. The number of aryl methyl sites for hydroxylation is 1. The molecule has 23 heavy (non-hydrogen) atoms. The molecule has 0 bridgehead atoms. The molecule has 2 aliphatic rings. The van der Waals surface area contributed by atoms with E-state index < -0.39 is 0 Å². The van der Waals surface area contributed by atoms with Crippen molar-refractivity contribution in [2.45, 2.75) is 25.3 Å². The van der Waals surface area contributed by atoms with Crippen LogP contribution in [0.15, 0.2) is 24.3 Å². The van der Waals surface area contributed by atoms with Gasteiger partial charge in [0.25, 0.3) is 0 Å². The summed E-state index contributed by atoms with van der Waals surface area (Å²) in [5.41, 5.74) is 2.78. The van der Waals surface area contributed by atoms with Crippen LogP contribution in [0.25, 0.3) is 0 Å². The number of anilines is 1. The van der Waals surface area contributed by atoms with E-state index in [0.717, 1.165) is 5.69 Å². The fourth-order valence-electron chi connectivity index (χ4n) is 2.71. The highest BCUT2D eigenvalue weighted by molar-refractivity contribution is 5.89. The van der Waals surface area contributed by atoms with Gasteiger partial charge in [0, 0.05) is 30.4 Å². The molecule has 0 radical (unpaired) electrons. The number of carbonyl (C=O) groups is 1. The lowest BCUT2D eigenvalue weighted by Gasteiger charge is -2.07. The summed E-state index contributed by atoms with van der Waals surface area (Å²) in [5, 5.41) is 10.0. The Labute approximate surface area is 133 Å². The van der Waals surface area contributed by atoms with Gasteiger partial charge in [-0.1, -0.05) is 0 Å². The monoisotopic (exact) mass is 314 g/mol. The normalized spacial score (nSPS) is 15.5. The van der Waals surface area contributed by atoms with Crippen molar-refractivity contribution < 1.29 is 14.3 Å². The number of nitrogens with one attached hydrogen (secondary N) is 2. The summed E-state index contributed by atoms with van der Waals surface area (Å²) in [6.45, 7) is 0.616. The standard InChI is InChI=1S/C16H18N4O3/c1-20-13(10-2-3-10)6-12(19-20)8-17-16(21)18-11-4-5-14-15(7-11)23-9-22-14/h4-7,10H,2-3,8-9H2,1H3,(H2,17,18,21). The fraction of sp³-hybridized carbons (Fsp3) is 0.375. The lowest BCUT2D eigenvalue weighted by atomic mass is 10.2. The van der Waals surface area contributed by atoms with Crippen LogP contribution in [0.4, 0.5) is 10.5 Å². The van der Waals surface area contributed by atoms with Gasteiger partial charge in [0.15, 0.2) is 11.5 Å². The van der Waals surface area contributed by atoms with Gasteiger partial charge < -0.3 is 20.1 Å². The topological polar surface area (TPSA) is 77.4 Å². The Balaban J connectivity index is 1.34. The zero-order valence-electron chi connectivity index (χ0n) is 12.8. The first-order valence-corrected chi connectivity index (χ1v) is 7.66. The summed E-state index contributed by atoms with van der Waals surface area (Å²) in [7, 11) is 1.95. The predicted molar refractivity (Wildman–Crippen MR) is 83.6 cm³/mol. The first-order valence-electron chi connectivity index (χ1n) is 7.66. The Kier molecular flexibility index (Phi) is 3.33. The third-order valence-electron chi connectivity index (χ3n) is 4.02. The molecule has 1 aromatic heterocycles. The van der Waals surface area contributed by atoms with E-state index in [2.05, 4.69) is 21.8 Å². The molecule has 0 saturated heterocycles.